The van der Waals surface area contributed by atoms with Crippen LogP contribution in [0.4, 0.5) is 20.3 Å². The van der Waals surface area contributed by atoms with Crippen molar-refractivity contribution in [1.29, 1.82) is 0 Å². The van der Waals surface area contributed by atoms with Crippen LogP contribution in [0, 0.1) is 11.6 Å². The van der Waals surface area contributed by atoms with E-state index < -0.39 is 17.5 Å². The van der Waals surface area contributed by atoms with E-state index in [9.17, 15) is 13.6 Å². The van der Waals surface area contributed by atoms with Gasteiger partial charge in [0.2, 0.25) is 0 Å². The summed E-state index contributed by atoms with van der Waals surface area (Å²) in [6.07, 6.45) is 2.21. The average Bonchev–Trinajstić information content (AvgIpc) is 2.71. The molecule has 144 valence electrons. The summed E-state index contributed by atoms with van der Waals surface area (Å²) in [7, 11) is 1.63. The largest absolute Gasteiger partial charge is 0.497 e. The van der Waals surface area contributed by atoms with Gasteiger partial charge in [-0.1, -0.05) is 12.1 Å². The molecule has 0 atom stereocenters. The highest BCUT2D eigenvalue weighted by Crippen LogP contribution is 2.15. The molecule has 0 spiro atoms. The highest BCUT2D eigenvalue weighted by Gasteiger charge is 2.09. The standard InChI is InChI=1S/C21H19F2N3O2/c1-28-17-4-2-3-14(11-17)9-10-24-20-8-5-15(13-25-20)21(27)26-16-6-7-18(22)19(23)12-16/h2-8,11-13H,9-10H2,1H3,(H,24,25)(H,26,27). The smallest absolute Gasteiger partial charge is 0.257 e. The molecule has 3 aromatic rings. The predicted octanol–water partition coefficient (Wildman–Crippen LogP) is 4.28. The van der Waals surface area contributed by atoms with E-state index in [1.807, 2.05) is 24.3 Å². The fraction of sp³-hybridized carbons (Fsp3) is 0.143. The lowest BCUT2D eigenvalue weighted by Gasteiger charge is -2.08. The summed E-state index contributed by atoms with van der Waals surface area (Å²) >= 11 is 0. The molecule has 2 aromatic carbocycles. The first-order valence-electron chi connectivity index (χ1n) is 8.64. The van der Waals surface area contributed by atoms with Gasteiger partial charge in [-0.2, -0.15) is 0 Å². The minimum atomic E-state index is -1.02. The molecular weight excluding hydrogens is 364 g/mol. The zero-order valence-corrected chi connectivity index (χ0v) is 15.2. The number of benzene rings is 2. The van der Waals surface area contributed by atoms with Crippen molar-refractivity contribution in [3.05, 3.63) is 83.6 Å². The number of anilines is 2. The van der Waals surface area contributed by atoms with Gasteiger partial charge >= 0.3 is 0 Å². The van der Waals surface area contributed by atoms with Crippen LogP contribution in [-0.2, 0) is 6.42 Å². The van der Waals surface area contributed by atoms with Crippen molar-refractivity contribution >= 4 is 17.4 Å². The summed E-state index contributed by atoms with van der Waals surface area (Å²) in [5.74, 6) is -1.00. The van der Waals surface area contributed by atoms with Gasteiger partial charge in [0.25, 0.3) is 5.91 Å². The second-order valence-corrected chi connectivity index (χ2v) is 6.04. The molecular formula is C21H19F2N3O2. The highest BCUT2D eigenvalue weighted by molar-refractivity contribution is 6.04. The van der Waals surface area contributed by atoms with Crippen LogP contribution in [-0.4, -0.2) is 24.5 Å². The number of methoxy groups -OCH3 is 1. The van der Waals surface area contributed by atoms with Crippen molar-refractivity contribution in [3.8, 4) is 5.75 Å². The number of hydrogen-bond acceptors (Lipinski definition) is 4. The Hall–Kier alpha value is -3.48. The number of rotatable bonds is 7. The number of amides is 1. The first kappa shape index (κ1) is 19.3. The van der Waals surface area contributed by atoms with Gasteiger partial charge in [0.15, 0.2) is 11.6 Å². The third kappa shape index (κ3) is 5.03. The van der Waals surface area contributed by atoms with Crippen LogP contribution < -0.4 is 15.4 Å². The number of aromatic nitrogens is 1. The Kier molecular flexibility index (Phi) is 6.16. The molecule has 0 aliphatic heterocycles. The van der Waals surface area contributed by atoms with Crippen molar-refractivity contribution in [3.63, 3.8) is 0 Å². The highest BCUT2D eigenvalue weighted by atomic mass is 19.2. The third-order valence-electron chi connectivity index (χ3n) is 4.06. The molecule has 28 heavy (non-hydrogen) atoms. The number of carbonyl (C=O) groups is 1. The number of nitrogens with zero attached hydrogens (tertiary/aromatic N) is 1. The minimum Gasteiger partial charge on any atom is -0.497 e. The van der Waals surface area contributed by atoms with Crippen LogP contribution >= 0.6 is 0 Å². The van der Waals surface area contributed by atoms with Crippen molar-refractivity contribution in [1.82, 2.24) is 4.98 Å². The lowest BCUT2D eigenvalue weighted by Crippen LogP contribution is -2.13. The van der Waals surface area contributed by atoms with Crippen LogP contribution in [0.15, 0.2) is 60.8 Å². The van der Waals surface area contributed by atoms with E-state index in [1.54, 1.807) is 19.2 Å². The fourth-order valence-electron chi connectivity index (χ4n) is 2.57. The summed E-state index contributed by atoms with van der Waals surface area (Å²) in [6.45, 7) is 0.667. The van der Waals surface area contributed by atoms with Crippen LogP contribution in [0.1, 0.15) is 15.9 Å². The number of hydrogen-bond donors (Lipinski definition) is 2. The molecule has 1 amide bonds. The van der Waals surface area contributed by atoms with Crippen LogP contribution in [0.25, 0.3) is 0 Å². The maximum Gasteiger partial charge on any atom is 0.257 e. The van der Waals surface area contributed by atoms with E-state index in [4.69, 9.17) is 4.74 Å². The molecule has 1 heterocycles. The predicted molar refractivity (Wildman–Crippen MR) is 104 cm³/mol. The number of pyridine rings is 1. The SMILES string of the molecule is COc1cccc(CCNc2ccc(C(=O)Nc3ccc(F)c(F)c3)cn2)c1. The Labute approximate surface area is 161 Å². The first-order chi connectivity index (χ1) is 13.5. The maximum absolute atomic E-state index is 13.2. The number of nitrogens with one attached hydrogen (secondary N) is 2. The molecule has 0 fully saturated rings. The molecule has 0 radical (unpaired) electrons. The quantitative estimate of drug-likeness (QED) is 0.639. The average molecular weight is 383 g/mol. The van der Waals surface area contributed by atoms with Crippen LogP contribution in [0.3, 0.4) is 0 Å². The minimum absolute atomic E-state index is 0.171. The van der Waals surface area contributed by atoms with Gasteiger partial charge in [-0.15, -0.1) is 0 Å². The summed E-state index contributed by atoms with van der Waals surface area (Å²) in [6, 6.07) is 14.3. The number of carbonyl (C=O) groups excluding carboxylic acids is 1. The summed E-state index contributed by atoms with van der Waals surface area (Å²) in [5, 5.41) is 5.69. The zero-order valence-electron chi connectivity index (χ0n) is 15.2. The Morgan fingerprint density at radius 3 is 2.64 bits per heavy atom. The molecule has 0 saturated heterocycles. The van der Waals surface area contributed by atoms with Gasteiger partial charge < -0.3 is 15.4 Å². The third-order valence-corrected chi connectivity index (χ3v) is 4.06. The molecule has 0 bridgehead atoms. The van der Waals surface area contributed by atoms with Crippen molar-refractivity contribution < 1.29 is 18.3 Å². The van der Waals surface area contributed by atoms with Gasteiger partial charge in [0.05, 0.1) is 12.7 Å². The van der Waals surface area contributed by atoms with Gasteiger partial charge in [-0.3, -0.25) is 4.79 Å². The van der Waals surface area contributed by atoms with Crippen molar-refractivity contribution in [2.45, 2.75) is 6.42 Å². The van der Waals surface area contributed by atoms with E-state index in [0.29, 0.717) is 17.9 Å². The van der Waals surface area contributed by atoms with E-state index in [-0.39, 0.29) is 5.69 Å². The summed E-state index contributed by atoms with van der Waals surface area (Å²) in [5.41, 5.74) is 1.61. The van der Waals surface area contributed by atoms with Crippen molar-refractivity contribution in [2.24, 2.45) is 0 Å². The number of ether oxygens (including phenoxy) is 1. The first-order valence-corrected chi connectivity index (χ1v) is 8.64. The van der Waals surface area contributed by atoms with E-state index in [2.05, 4.69) is 15.6 Å². The van der Waals surface area contributed by atoms with E-state index in [1.165, 1.54) is 12.3 Å². The lowest BCUT2D eigenvalue weighted by atomic mass is 10.1. The normalized spacial score (nSPS) is 10.4. The van der Waals surface area contributed by atoms with E-state index >= 15 is 0 Å². The lowest BCUT2D eigenvalue weighted by molar-refractivity contribution is 0.102. The maximum atomic E-state index is 13.2. The van der Waals surface area contributed by atoms with Gasteiger partial charge in [0.1, 0.15) is 11.6 Å². The fourth-order valence-corrected chi connectivity index (χ4v) is 2.57. The van der Waals surface area contributed by atoms with Gasteiger partial charge in [-0.05, 0) is 48.4 Å². The molecule has 0 aliphatic rings. The monoisotopic (exact) mass is 383 g/mol. The van der Waals surface area contributed by atoms with E-state index in [0.717, 1.165) is 29.9 Å². The number of halogens is 2. The molecule has 1 aromatic heterocycles. The Bertz CT molecular complexity index is 962. The molecule has 0 aliphatic carbocycles. The molecule has 5 nitrogen and oxygen atoms in total. The Morgan fingerprint density at radius 1 is 1.07 bits per heavy atom. The summed E-state index contributed by atoms with van der Waals surface area (Å²) in [4.78, 5) is 16.4. The molecule has 7 heteroatoms. The molecule has 0 saturated carbocycles. The Balaban J connectivity index is 1.53. The van der Waals surface area contributed by atoms with Crippen molar-refractivity contribution in [2.75, 3.05) is 24.3 Å². The second-order valence-electron chi connectivity index (χ2n) is 6.04. The van der Waals surface area contributed by atoms with Gasteiger partial charge in [-0.25, -0.2) is 13.8 Å². The zero-order chi connectivity index (χ0) is 19.9. The van der Waals surface area contributed by atoms with Gasteiger partial charge in [0, 0.05) is 24.5 Å². The summed E-state index contributed by atoms with van der Waals surface area (Å²) < 4.78 is 31.4. The van der Waals surface area contributed by atoms with Crippen LogP contribution in [0.2, 0.25) is 0 Å². The molecule has 3 rings (SSSR count). The molecule has 2 N–H and O–H groups in total. The Morgan fingerprint density at radius 2 is 1.93 bits per heavy atom. The second kappa shape index (κ2) is 8.94. The topological polar surface area (TPSA) is 63.2 Å². The molecule has 0 unspecified atom stereocenters. The van der Waals surface area contributed by atoms with Crippen LogP contribution in [0.5, 0.6) is 5.75 Å².